The maximum Gasteiger partial charge on any atom is 0.237 e. The van der Waals surface area contributed by atoms with Gasteiger partial charge in [0.15, 0.2) is 12.4 Å². The maximum atomic E-state index is 9.26. The van der Waals surface area contributed by atoms with Gasteiger partial charge in [-0.1, -0.05) is 74.5 Å². The summed E-state index contributed by atoms with van der Waals surface area (Å²) in [6.07, 6.45) is 5.11. The zero-order valence-electron chi connectivity index (χ0n) is 18.9. The lowest BCUT2D eigenvalue weighted by Crippen LogP contribution is -2.10. The van der Waals surface area contributed by atoms with Crippen LogP contribution >= 0.6 is 0 Å². The molecule has 0 atom stereocenters. The van der Waals surface area contributed by atoms with Crippen molar-refractivity contribution in [3.63, 3.8) is 0 Å². The van der Waals surface area contributed by atoms with E-state index >= 15 is 0 Å². The minimum absolute atomic E-state index is 0.185. The summed E-state index contributed by atoms with van der Waals surface area (Å²) in [5, 5.41) is 23.7. The molecular weight excluding hydrogens is 424 g/mol. The van der Waals surface area contributed by atoms with Crippen LogP contribution < -0.4 is 10.6 Å². The van der Waals surface area contributed by atoms with Crippen LogP contribution in [0.2, 0.25) is 0 Å². The molecule has 166 valence electrons. The van der Waals surface area contributed by atoms with Crippen molar-refractivity contribution in [2.45, 2.75) is 26.7 Å². The molecule has 0 spiro atoms. The molecule has 2 aromatic heterocycles. The van der Waals surface area contributed by atoms with E-state index in [1.165, 1.54) is 0 Å². The number of aromatic nitrogens is 4. The zero-order chi connectivity index (χ0) is 23.9. The van der Waals surface area contributed by atoms with Gasteiger partial charge in [-0.2, -0.15) is 10.5 Å². The number of rotatable bonds is 7. The van der Waals surface area contributed by atoms with E-state index < -0.39 is 0 Å². The summed E-state index contributed by atoms with van der Waals surface area (Å²) in [5.74, 6) is 0.371. The van der Waals surface area contributed by atoms with Gasteiger partial charge in [0.2, 0.25) is 11.9 Å². The van der Waals surface area contributed by atoms with Crippen LogP contribution in [0.4, 0.5) is 11.9 Å². The standard InChI is InChI=1S/C26H22N8/c1-3-19-21(17-11-7-5-8-12-17)31-25(29-15-27)33-23(19)24-20(4-2)22(18-13-9-6-10-14-18)32-26(34-24)30-16-28/h5-14H,3-4H2,1-2H3,(H,29,31,33)(H,30,32,34). The van der Waals surface area contributed by atoms with Gasteiger partial charge in [0.25, 0.3) is 0 Å². The Balaban J connectivity index is 2.07. The molecule has 0 aliphatic carbocycles. The third-order valence-electron chi connectivity index (χ3n) is 5.38. The average Bonchev–Trinajstić information content (AvgIpc) is 2.89. The highest BCUT2D eigenvalue weighted by Crippen LogP contribution is 2.36. The van der Waals surface area contributed by atoms with Crippen molar-refractivity contribution in [2.75, 3.05) is 10.6 Å². The van der Waals surface area contributed by atoms with Gasteiger partial charge in [0.1, 0.15) is 0 Å². The van der Waals surface area contributed by atoms with Crippen molar-refractivity contribution < 1.29 is 0 Å². The summed E-state index contributed by atoms with van der Waals surface area (Å²) < 4.78 is 0. The first-order valence-electron chi connectivity index (χ1n) is 10.9. The molecule has 0 aliphatic rings. The lowest BCUT2D eigenvalue weighted by Gasteiger charge is -2.18. The third-order valence-corrected chi connectivity index (χ3v) is 5.38. The normalized spacial score (nSPS) is 10.2. The Labute approximate surface area is 198 Å². The fourth-order valence-corrected chi connectivity index (χ4v) is 3.91. The van der Waals surface area contributed by atoms with Gasteiger partial charge >= 0.3 is 0 Å². The SMILES string of the molecule is CCc1c(-c2ccccc2)nc(NC#N)nc1-c1nc(NC#N)nc(-c2ccccc2)c1CC. The number of hydrogen-bond donors (Lipinski definition) is 2. The molecule has 0 aliphatic heterocycles. The van der Waals surface area contributed by atoms with Crippen LogP contribution in [0.3, 0.4) is 0 Å². The van der Waals surface area contributed by atoms with Crippen LogP contribution in [0.25, 0.3) is 33.9 Å². The molecule has 4 aromatic rings. The Morgan fingerprint density at radius 2 is 0.941 bits per heavy atom. The Hall–Kier alpha value is -4.82. The van der Waals surface area contributed by atoms with Crippen LogP contribution in [0.1, 0.15) is 25.0 Å². The number of benzene rings is 2. The Kier molecular flexibility index (Phi) is 6.71. The predicted octanol–water partition coefficient (Wildman–Crippen LogP) is 5.18. The Bertz CT molecular complexity index is 1280. The molecule has 2 aromatic carbocycles. The third kappa shape index (κ3) is 4.38. The maximum absolute atomic E-state index is 9.26. The molecule has 34 heavy (non-hydrogen) atoms. The predicted molar refractivity (Wildman–Crippen MR) is 131 cm³/mol. The number of nitrogens with one attached hydrogen (secondary N) is 2. The van der Waals surface area contributed by atoms with E-state index in [2.05, 4.69) is 30.6 Å². The molecule has 4 rings (SSSR count). The Morgan fingerprint density at radius 1 is 0.588 bits per heavy atom. The molecule has 2 N–H and O–H groups in total. The summed E-state index contributed by atoms with van der Waals surface area (Å²) in [4.78, 5) is 18.6. The first-order valence-corrected chi connectivity index (χ1v) is 10.9. The van der Waals surface area contributed by atoms with Crippen LogP contribution in [-0.4, -0.2) is 19.9 Å². The van der Waals surface area contributed by atoms with Gasteiger partial charge in [-0.3, -0.25) is 10.6 Å². The highest BCUT2D eigenvalue weighted by atomic mass is 15.1. The van der Waals surface area contributed by atoms with E-state index in [0.29, 0.717) is 24.2 Å². The van der Waals surface area contributed by atoms with Gasteiger partial charge in [0.05, 0.1) is 22.8 Å². The van der Waals surface area contributed by atoms with Crippen LogP contribution in [0.15, 0.2) is 60.7 Å². The van der Waals surface area contributed by atoms with E-state index in [0.717, 1.165) is 33.6 Å². The molecule has 0 radical (unpaired) electrons. The fraction of sp³-hybridized carbons (Fsp3) is 0.154. The molecule has 8 nitrogen and oxygen atoms in total. The largest absolute Gasteiger partial charge is 0.261 e. The molecule has 0 saturated carbocycles. The minimum atomic E-state index is 0.185. The van der Waals surface area contributed by atoms with E-state index in [1.807, 2.05) is 86.9 Å². The monoisotopic (exact) mass is 446 g/mol. The number of anilines is 2. The lowest BCUT2D eigenvalue weighted by atomic mass is 9.95. The van der Waals surface area contributed by atoms with Gasteiger partial charge < -0.3 is 0 Å². The van der Waals surface area contributed by atoms with E-state index in [-0.39, 0.29) is 11.9 Å². The summed E-state index contributed by atoms with van der Waals surface area (Å²) in [7, 11) is 0. The van der Waals surface area contributed by atoms with E-state index in [1.54, 1.807) is 0 Å². The van der Waals surface area contributed by atoms with Crippen molar-refractivity contribution in [3.8, 4) is 46.3 Å². The second kappa shape index (κ2) is 10.2. The number of nitrogens with zero attached hydrogens (tertiary/aromatic N) is 6. The van der Waals surface area contributed by atoms with Crippen LogP contribution in [0, 0.1) is 22.9 Å². The second-order valence-corrected chi connectivity index (χ2v) is 7.36. The van der Waals surface area contributed by atoms with Crippen molar-refractivity contribution in [1.82, 2.24) is 19.9 Å². The second-order valence-electron chi connectivity index (χ2n) is 7.36. The summed E-state index contributed by atoms with van der Waals surface area (Å²) >= 11 is 0. The molecule has 0 amide bonds. The quantitative estimate of drug-likeness (QED) is 0.294. The fourth-order valence-electron chi connectivity index (χ4n) is 3.91. The number of nitriles is 2. The average molecular weight is 447 g/mol. The number of hydrogen-bond acceptors (Lipinski definition) is 8. The Morgan fingerprint density at radius 3 is 1.26 bits per heavy atom. The zero-order valence-corrected chi connectivity index (χ0v) is 18.9. The first kappa shape index (κ1) is 22.4. The topological polar surface area (TPSA) is 123 Å². The molecule has 0 fully saturated rings. The van der Waals surface area contributed by atoms with Crippen molar-refractivity contribution >= 4 is 11.9 Å². The molecule has 0 unspecified atom stereocenters. The van der Waals surface area contributed by atoms with Crippen LogP contribution in [-0.2, 0) is 12.8 Å². The molecule has 8 heteroatoms. The highest BCUT2D eigenvalue weighted by molar-refractivity contribution is 5.79. The first-order chi connectivity index (χ1) is 16.7. The van der Waals surface area contributed by atoms with Gasteiger partial charge in [-0.05, 0) is 12.8 Å². The lowest BCUT2D eigenvalue weighted by molar-refractivity contribution is 1.02. The highest BCUT2D eigenvalue weighted by Gasteiger charge is 2.23. The summed E-state index contributed by atoms with van der Waals surface area (Å²) in [6.45, 7) is 4.07. The smallest absolute Gasteiger partial charge is 0.237 e. The van der Waals surface area contributed by atoms with Gasteiger partial charge in [-0.25, -0.2) is 19.9 Å². The van der Waals surface area contributed by atoms with E-state index in [9.17, 15) is 10.5 Å². The summed E-state index contributed by atoms with van der Waals surface area (Å²) in [6, 6.07) is 19.5. The molecule has 0 saturated heterocycles. The van der Waals surface area contributed by atoms with Crippen LogP contribution in [0.5, 0.6) is 0 Å². The minimum Gasteiger partial charge on any atom is -0.261 e. The van der Waals surface area contributed by atoms with Gasteiger partial charge in [0, 0.05) is 22.3 Å². The van der Waals surface area contributed by atoms with Crippen molar-refractivity contribution in [3.05, 3.63) is 71.8 Å². The molecule has 0 bridgehead atoms. The van der Waals surface area contributed by atoms with Crippen molar-refractivity contribution in [2.24, 2.45) is 0 Å². The van der Waals surface area contributed by atoms with E-state index in [4.69, 9.17) is 0 Å². The molecule has 2 heterocycles. The molecular formula is C26H22N8. The van der Waals surface area contributed by atoms with Gasteiger partial charge in [-0.15, -0.1) is 0 Å². The van der Waals surface area contributed by atoms with Crippen molar-refractivity contribution in [1.29, 1.82) is 10.5 Å². The summed E-state index contributed by atoms with van der Waals surface area (Å²) in [5.41, 5.74) is 6.27.